The maximum absolute atomic E-state index is 14.7. The zero-order valence-corrected chi connectivity index (χ0v) is 14.0. The topological polar surface area (TPSA) is 39.9 Å². The average molecular weight is 348 g/mol. The first-order chi connectivity index (χ1) is 11.4. The number of nitrogens with zero attached hydrogens (tertiary/aromatic N) is 1. The molecule has 24 heavy (non-hydrogen) atoms. The number of halogens is 2. The molecule has 0 bridgehead atoms. The highest BCUT2D eigenvalue weighted by molar-refractivity contribution is 6.31. The molecule has 0 spiro atoms. The maximum Gasteiger partial charge on any atom is 0.310 e. The zero-order chi connectivity index (χ0) is 17.7. The number of carbonyl (C=O) groups excluding carboxylic acids is 1. The van der Waals surface area contributed by atoms with Crippen LogP contribution in [0.25, 0.3) is 4.85 Å². The van der Waals surface area contributed by atoms with E-state index in [2.05, 4.69) is 4.85 Å². The van der Waals surface area contributed by atoms with Gasteiger partial charge in [-0.05, 0) is 37.6 Å². The van der Waals surface area contributed by atoms with Crippen LogP contribution in [0.1, 0.15) is 18.1 Å². The Morgan fingerprint density at radius 1 is 1.33 bits per heavy atom. The molecule has 124 valence electrons. The van der Waals surface area contributed by atoms with Crippen molar-refractivity contribution < 1.29 is 18.7 Å². The highest BCUT2D eigenvalue weighted by atomic mass is 35.5. The molecule has 0 aliphatic heterocycles. The highest BCUT2D eigenvalue weighted by Crippen LogP contribution is 2.34. The molecule has 0 radical (unpaired) electrons. The Labute approximate surface area is 144 Å². The minimum atomic E-state index is -0.632. The van der Waals surface area contributed by atoms with Gasteiger partial charge in [0, 0.05) is 10.6 Å². The van der Waals surface area contributed by atoms with E-state index in [1.165, 1.54) is 24.3 Å². The Hall–Kier alpha value is -2.58. The lowest BCUT2D eigenvalue weighted by molar-refractivity contribution is -0.142. The van der Waals surface area contributed by atoms with Crippen molar-refractivity contribution in [3.05, 3.63) is 63.7 Å². The number of rotatable bonds is 5. The second-order valence-corrected chi connectivity index (χ2v) is 5.46. The first-order valence-electron chi connectivity index (χ1n) is 7.24. The summed E-state index contributed by atoms with van der Waals surface area (Å²) in [7, 11) is 0. The molecule has 6 heteroatoms. The van der Waals surface area contributed by atoms with E-state index in [9.17, 15) is 9.18 Å². The molecule has 0 aromatic heterocycles. The molecule has 0 unspecified atom stereocenters. The van der Waals surface area contributed by atoms with Crippen LogP contribution in [0.5, 0.6) is 11.5 Å². The van der Waals surface area contributed by atoms with Crippen LogP contribution in [0.4, 0.5) is 10.1 Å². The molecule has 2 aromatic rings. The largest absolute Gasteiger partial charge is 0.466 e. The third-order valence-corrected chi connectivity index (χ3v) is 3.44. The van der Waals surface area contributed by atoms with Gasteiger partial charge >= 0.3 is 5.97 Å². The molecular formula is C18H15ClFNO3. The summed E-state index contributed by atoms with van der Waals surface area (Å²) in [5, 5.41) is 0.319. The van der Waals surface area contributed by atoms with Crippen molar-refractivity contribution in [3.63, 3.8) is 0 Å². The number of ether oxygens (including phenoxy) is 2. The standard InChI is InChI=1S/C18H15ClFNO3/c1-4-23-16(22)7-12-6-5-11(2)18(17(12)20)24-15-9-13(19)8-14(10-15)21-3/h5-6,8-10H,4,7H2,1-2H3. The fourth-order valence-electron chi connectivity index (χ4n) is 2.11. The summed E-state index contributed by atoms with van der Waals surface area (Å²) in [4.78, 5) is 14.9. The number of carbonyl (C=O) groups is 1. The van der Waals surface area contributed by atoms with Crippen molar-refractivity contribution in [3.8, 4) is 11.5 Å². The van der Waals surface area contributed by atoms with Crippen LogP contribution in [-0.2, 0) is 16.0 Å². The molecule has 0 atom stereocenters. The fraction of sp³-hybridized carbons (Fsp3) is 0.222. The lowest BCUT2D eigenvalue weighted by Crippen LogP contribution is -2.09. The van der Waals surface area contributed by atoms with Gasteiger partial charge in [-0.2, -0.15) is 0 Å². The number of hydrogen-bond acceptors (Lipinski definition) is 3. The summed E-state index contributed by atoms with van der Waals surface area (Å²) in [5.41, 5.74) is 1.03. The van der Waals surface area contributed by atoms with E-state index >= 15 is 0 Å². The first kappa shape index (κ1) is 17.8. The van der Waals surface area contributed by atoms with E-state index in [-0.39, 0.29) is 30.1 Å². The van der Waals surface area contributed by atoms with Crippen molar-refractivity contribution in [2.24, 2.45) is 0 Å². The first-order valence-corrected chi connectivity index (χ1v) is 7.62. The molecule has 0 N–H and O–H groups in total. The molecule has 0 saturated heterocycles. The summed E-state index contributed by atoms with van der Waals surface area (Å²) >= 11 is 5.93. The van der Waals surface area contributed by atoms with Gasteiger partial charge in [-0.15, -0.1) is 0 Å². The van der Waals surface area contributed by atoms with Crippen molar-refractivity contribution in [1.29, 1.82) is 0 Å². The van der Waals surface area contributed by atoms with Crippen molar-refractivity contribution >= 4 is 23.3 Å². The van der Waals surface area contributed by atoms with Gasteiger partial charge in [-0.1, -0.05) is 23.7 Å². The molecule has 0 fully saturated rings. The Kier molecular flexibility index (Phi) is 5.78. The third kappa shape index (κ3) is 4.24. The Balaban J connectivity index is 2.35. The predicted molar refractivity (Wildman–Crippen MR) is 89.3 cm³/mol. The van der Waals surface area contributed by atoms with E-state index in [4.69, 9.17) is 27.6 Å². The van der Waals surface area contributed by atoms with Gasteiger partial charge in [0.25, 0.3) is 0 Å². The smallest absolute Gasteiger partial charge is 0.310 e. The van der Waals surface area contributed by atoms with Gasteiger partial charge < -0.3 is 9.47 Å². The quantitative estimate of drug-likeness (QED) is 0.548. The second-order valence-electron chi connectivity index (χ2n) is 5.03. The van der Waals surface area contributed by atoms with E-state index in [1.807, 2.05) is 0 Å². The Morgan fingerprint density at radius 2 is 2.08 bits per heavy atom. The van der Waals surface area contributed by atoms with Crippen LogP contribution in [0, 0.1) is 19.3 Å². The zero-order valence-electron chi connectivity index (χ0n) is 13.2. The van der Waals surface area contributed by atoms with Crippen LogP contribution < -0.4 is 4.74 Å². The van der Waals surface area contributed by atoms with Crippen molar-refractivity contribution in [2.45, 2.75) is 20.3 Å². The van der Waals surface area contributed by atoms with E-state index in [1.54, 1.807) is 19.9 Å². The molecular weight excluding hydrogens is 333 g/mol. The monoisotopic (exact) mass is 347 g/mol. The fourth-order valence-corrected chi connectivity index (χ4v) is 2.33. The van der Waals surface area contributed by atoms with Gasteiger partial charge in [0.1, 0.15) is 5.75 Å². The van der Waals surface area contributed by atoms with Gasteiger partial charge in [0.2, 0.25) is 0 Å². The lowest BCUT2D eigenvalue weighted by Gasteiger charge is -2.13. The summed E-state index contributed by atoms with van der Waals surface area (Å²) in [6.45, 7) is 10.6. The number of esters is 1. The summed E-state index contributed by atoms with van der Waals surface area (Å²) in [5.74, 6) is -0.893. The Bertz CT molecular complexity index is 815. The van der Waals surface area contributed by atoms with Gasteiger partial charge in [-0.25, -0.2) is 9.24 Å². The van der Waals surface area contributed by atoms with Crippen LogP contribution in [0.3, 0.4) is 0 Å². The van der Waals surface area contributed by atoms with E-state index < -0.39 is 11.8 Å². The summed E-state index contributed by atoms with van der Waals surface area (Å²) in [6.07, 6.45) is -0.181. The highest BCUT2D eigenvalue weighted by Gasteiger charge is 2.17. The Morgan fingerprint density at radius 3 is 2.75 bits per heavy atom. The van der Waals surface area contributed by atoms with Gasteiger partial charge in [0.15, 0.2) is 17.3 Å². The van der Waals surface area contributed by atoms with Gasteiger partial charge in [0.05, 0.1) is 19.6 Å². The maximum atomic E-state index is 14.7. The molecule has 2 rings (SSSR count). The van der Waals surface area contributed by atoms with Crippen molar-refractivity contribution in [1.82, 2.24) is 0 Å². The molecule has 0 amide bonds. The molecule has 0 saturated carbocycles. The molecule has 0 heterocycles. The average Bonchev–Trinajstić information content (AvgIpc) is 2.54. The third-order valence-electron chi connectivity index (χ3n) is 3.22. The van der Waals surface area contributed by atoms with Crippen LogP contribution >= 0.6 is 11.6 Å². The van der Waals surface area contributed by atoms with Crippen molar-refractivity contribution in [2.75, 3.05) is 6.61 Å². The normalized spacial score (nSPS) is 10.1. The molecule has 2 aromatic carbocycles. The minimum absolute atomic E-state index is 0.00463. The van der Waals surface area contributed by atoms with Crippen LogP contribution in [-0.4, -0.2) is 12.6 Å². The second kappa shape index (κ2) is 7.80. The van der Waals surface area contributed by atoms with Crippen LogP contribution in [0.2, 0.25) is 5.02 Å². The van der Waals surface area contributed by atoms with E-state index in [0.717, 1.165) is 0 Å². The predicted octanol–water partition coefficient (Wildman–Crippen LogP) is 5.24. The molecule has 4 nitrogen and oxygen atoms in total. The summed E-state index contributed by atoms with van der Waals surface area (Å²) < 4.78 is 25.1. The number of benzene rings is 2. The summed E-state index contributed by atoms with van der Waals surface area (Å²) in [6, 6.07) is 7.63. The minimum Gasteiger partial charge on any atom is -0.466 e. The van der Waals surface area contributed by atoms with Gasteiger partial charge in [-0.3, -0.25) is 4.79 Å². The SMILES string of the molecule is [C-]#[N+]c1cc(Cl)cc(Oc2c(C)ccc(CC(=O)OCC)c2F)c1. The number of hydrogen-bond donors (Lipinski definition) is 0. The molecule has 0 aliphatic rings. The molecule has 0 aliphatic carbocycles. The lowest BCUT2D eigenvalue weighted by atomic mass is 10.1. The van der Waals surface area contributed by atoms with E-state index in [0.29, 0.717) is 16.3 Å². The number of aryl methyl sites for hydroxylation is 1. The van der Waals surface area contributed by atoms with Crippen LogP contribution in [0.15, 0.2) is 30.3 Å².